The van der Waals surface area contributed by atoms with E-state index in [-0.39, 0.29) is 31.2 Å². The SMILES string of the molecule is N#Cc1ccc(OCCN(CCOc2ccc(C#N)cc2)S(=O)(=O)c2ccccc2)cc1. The normalized spacial score (nSPS) is 10.8. The summed E-state index contributed by atoms with van der Waals surface area (Å²) in [7, 11) is -3.74. The summed E-state index contributed by atoms with van der Waals surface area (Å²) in [6.07, 6.45) is 0. The summed E-state index contributed by atoms with van der Waals surface area (Å²) in [6, 6.07) is 25.5. The van der Waals surface area contributed by atoms with Crippen LogP contribution in [-0.2, 0) is 10.0 Å². The molecule has 0 aliphatic heterocycles. The molecule has 0 atom stereocenters. The minimum absolute atomic E-state index is 0.119. The molecular formula is C24H21N3O4S. The Bertz CT molecular complexity index is 1130. The molecule has 0 aromatic heterocycles. The van der Waals surface area contributed by atoms with Gasteiger partial charge in [0.1, 0.15) is 24.7 Å². The van der Waals surface area contributed by atoms with E-state index < -0.39 is 10.0 Å². The van der Waals surface area contributed by atoms with Gasteiger partial charge in [0.25, 0.3) is 0 Å². The molecule has 0 unspecified atom stereocenters. The average molecular weight is 448 g/mol. The molecule has 0 fully saturated rings. The maximum absolute atomic E-state index is 13.1. The van der Waals surface area contributed by atoms with E-state index in [2.05, 4.69) is 0 Å². The number of hydrogen-bond donors (Lipinski definition) is 0. The van der Waals surface area contributed by atoms with E-state index in [0.29, 0.717) is 22.6 Å². The highest BCUT2D eigenvalue weighted by Gasteiger charge is 2.24. The number of nitrogens with zero attached hydrogens (tertiary/aromatic N) is 3. The first-order valence-electron chi connectivity index (χ1n) is 9.84. The summed E-state index contributed by atoms with van der Waals surface area (Å²) >= 11 is 0. The van der Waals surface area contributed by atoms with E-state index in [1.807, 2.05) is 12.1 Å². The molecule has 0 bridgehead atoms. The van der Waals surface area contributed by atoms with Crippen molar-refractivity contribution in [1.82, 2.24) is 4.31 Å². The van der Waals surface area contributed by atoms with Gasteiger partial charge in [0.15, 0.2) is 0 Å². The summed E-state index contributed by atoms with van der Waals surface area (Å²) < 4.78 is 38.9. The fraction of sp³-hybridized carbons (Fsp3) is 0.167. The Morgan fingerprint density at radius 1 is 0.688 bits per heavy atom. The molecule has 7 nitrogen and oxygen atoms in total. The number of benzene rings is 3. The van der Waals surface area contributed by atoms with Crippen LogP contribution in [0.2, 0.25) is 0 Å². The van der Waals surface area contributed by atoms with Crippen molar-refractivity contribution in [2.75, 3.05) is 26.3 Å². The van der Waals surface area contributed by atoms with Crippen LogP contribution in [0, 0.1) is 22.7 Å². The number of nitriles is 2. The van der Waals surface area contributed by atoms with Crippen molar-refractivity contribution in [3.05, 3.63) is 90.0 Å². The van der Waals surface area contributed by atoms with Crippen molar-refractivity contribution >= 4 is 10.0 Å². The predicted molar refractivity (Wildman–Crippen MR) is 119 cm³/mol. The Morgan fingerprint density at radius 3 is 1.53 bits per heavy atom. The third kappa shape index (κ3) is 6.08. The van der Waals surface area contributed by atoms with Gasteiger partial charge in [-0.25, -0.2) is 8.42 Å². The molecule has 3 rings (SSSR count). The van der Waals surface area contributed by atoms with Gasteiger partial charge in [0.05, 0.1) is 28.2 Å². The van der Waals surface area contributed by atoms with Crippen LogP contribution in [0.25, 0.3) is 0 Å². The Morgan fingerprint density at radius 2 is 1.12 bits per heavy atom. The van der Waals surface area contributed by atoms with Gasteiger partial charge in [0.2, 0.25) is 10.0 Å². The van der Waals surface area contributed by atoms with E-state index >= 15 is 0 Å². The molecule has 0 saturated heterocycles. The Labute approximate surface area is 187 Å². The van der Waals surface area contributed by atoms with Crippen LogP contribution >= 0.6 is 0 Å². The second kappa shape index (κ2) is 11.0. The fourth-order valence-corrected chi connectivity index (χ4v) is 4.30. The van der Waals surface area contributed by atoms with Gasteiger partial charge < -0.3 is 9.47 Å². The average Bonchev–Trinajstić information content (AvgIpc) is 2.84. The lowest BCUT2D eigenvalue weighted by Gasteiger charge is -2.22. The first kappa shape index (κ1) is 22.8. The lowest BCUT2D eigenvalue weighted by Crippen LogP contribution is -2.37. The fourth-order valence-electron chi connectivity index (χ4n) is 2.88. The zero-order chi connectivity index (χ0) is 22.8. The van der Waals surface area contributed by atoms with Gasteiger partial charge in [-0.3, -0.25) is 0 Å². The topological polar surface area (TPSA) is 103 Å². The van der Waals surface area contributed by atoms with Crippen molar-refractivity contribution in [1.29, 1.82) is 10.5 Å². The molecule has 8 heteroatoms. The first-order chi connectivity index (χ1) is 15.5. The summed E-state index contributed by atoms with van der Waals surface area (Å²) in [5.41, 5.74) is 1.04. The quantitative estimate of drug-likeness (QED) is 0.471. The van der Waals surface area contributed by atoms with Gasteiger partial charge >= 0.3 is 0 Å². The van der Waals surface area contributed by atoms with Gasteiger partial charge in [-0.1, -0.05) is 18.2 Å². The number of rotatable bonds is 10. The zero-order valence-electron chi connectivity index (χ0n) is 17.2. The van der Waals surface area contributed by atoms with Crippen LogP contribution in [0.15, 0.2) is 83.8 Å². The van der Waals surface area contributed by atoms with Crippen LogP contribution in [0.1, 0.15) is 11.1 Å². The molecule has 0 spiro atoms. The van der Waals surface area contributed by atoms with E-state index in [4.69, 9.17) is 20.0 Å². The Hall–Kier alpha value is -3.85. The van der Waals surface area contributed by atoms with Crippen molar-refractivity contribution in [2.45, 2.75) is 4.90 Å². The standard InChI is InChI=1S/C24H21N3O4S/c25-18-20-6-10-22(11-7-20)30-16-14-27(32(28,29)24-4-2-1-3-5-24)15-17-31-23-12-8-21(19-26)9-13-23/h1-13H,14-17H2. The van der Waals surface area contributed by atoms with Crippen molar-refractivity contribution in [3.8, 4) is 23.6 Å². The number of hydrogen-bond acceptors (Lipinski definition) is 6. The van der Waals surface area contributed by atoms with E-state index in [1.165, 1.54) is 4.31 Å². The van der Waals surface area contributed by atoms with Gasteiger partial charge in [-0.2, -0.15) is 14.8 Å². The van der Waals surface area contributed by atoms with Crippen LogP contribution in [0.3, 0.4) is 0 Å². The van der Waals surface area contributed by atoms with E-state index in [9.17, 15) is 8.42 Å². The number of ether oxygens (including phenoxy) is 2. The summed E-state index contributed by atoms with van der Waals surface area (Å²) in [6.45, 7) is 0.506. The van der Waals surface area contributed by atoms with E-state index in [0.717, 1.165) is 0 Å². The second-order valence-corrected chi connectivity index (χ2v) is 8.62. The minimum atomic E-state index is -3.74. The van der Waals surface area contributed by atoms with Crippen LogP contribution in [0.5, 0.6) is 11.5 Å². The lowest BCUT2D eigenvalue weighted by atomic mass is 10.2. The van der Waals surface area contributed by atoms with Crippen LogP contribution in [0.4, 0.5) is 0 Å². The van der Waals surface area contributed by atoms with Crippen LogP contribution in [-0.4, -0.2) is 39.0 Å². The molecule has 0 heterocycles. The molecule has 3 aromatic rings. The molecule has 0 N–H and O–H groups in total. The lowest BCUT2D eigenvalue weighted by molar-refractivity contribution is 0.237. The molecule has 3 aromatic carbocycles. The minimum Gasteiger partial charge on any atom is -0.492 e. The maximum Gasteiger partial charge on any atom is 0.243 e. The molecule has 0 radical (unpaired) electrons. The summed E-state index contributed by atoms with van der Waals surface area (Å²) in [4.78, 5) is 0.191. The largest absolute Gasteiger partial charge is 0.492 e. The Kier molecular flexibility index (Phi) is 7.82. The highest BCUT2D eigenvalue weighted by Crippen LogP contribution is 2.17. The first-order valence-corrected chi connectivity index (χ1v) is 11.3. The molecule has 0 aliphatic carbocycles. The molecule has 32 heavy (non-hydrogen) atoms. The van der Waals surface area contributed by atoms with Gasteiger partial charge in [-0.05, 0) is 60.7 Å². The number of sulfonamides is 1. The zero-order valence-corrected chi connectivity index (χ0v) is 18.0. The third-order valence-electron chi connectivity index (χ3n) is 4.57. The van der Waals surface area contributed by atoms with Gasteiger partial charge in [-0.15, -0.1) is 0 Å². The monoisotopic (exact) mass is 447 g/mol. The smallest absolute Gasteiger partial charge is 0.243 e. The highest BCUT2D eigenvalue weighted by molar-refractivity contribution is 7.89. The van der Waals surface area contributed by atoms with Gasteiger partial charge in [0, 0.05) is 13.1 Å². The van der Waals surface area contributed by atoms with Crippen molar-refractivity contribution in [3.63, 3.8) is 0 Å². The summed E-state index contributed by atoms with van der Waals surface area (Å²) in [5.74, 6) is 1.10. The summed E-state index contributed by atoms with van der Waals surface area (Å²) in [5, 5.41) is 17.8. The molecular weight excluding hydrogens is 426 g/mol. The highest BCUT2D eigenvalue weighted by atomic mass is 32.2. The maximum atomic E-state index is 13.1. The van der Waals surface area contributed by atoms with Crippen LogP contribution < -0.4 is 9.47 Å². The molecule has 162 valence electrons. The van der Waals surface area contributed by atoms with Crippen molar-refractivity contribution < 1.29 is 17.9 Å². The van der Waals surface area contributed by atoms with Crippen molar-refractivity contribution in [2.24, 2.45) is 0 Å². The Balaban J connectivity index is 1.66. The predicted octanol–water partition coefficient (Wildman–Crippen LogP) is 3.58. The third-order valence-corrected chi connectivity index (χ3v) is 6.48. The second-order valence-electron chi connectivity index (χ2n) is 6.69. The molecule has 0 saturated carbocycles. The molecule has 0 amide bonds. The van der Waals surface area contributed by atoms with E-state index in [1.54, 1.807) is 78.9 Å². The molecule has 0 aliphatic rings.